The number of hydrogen-bond donors (Lipinski definition) is 1. The summed E-state index contributed by atoms with van der Waals surface area (Å²) in [6.07, 6.45) is 0. The Hall–Kier alpha value is -1.24. The summed E-state index contributed by atoms with van der Waals surface area (Å²) in [6.45, 7) is 1.64. The fourth-order valence-electron chi connectivity index (χ4n) is 0.732. The number of carbonyl (C=O) groups is 1. The standard InChI is InChI=1S/C5H8N4O2S/c1-3(4(10)11-2)9-5(12)6-7-8-9/h3H,1-2H3,(H,6,8,12). The molecule has 0 amide bonds. The number of H-pyrrole nitrogens is 1. The van der Waals surface area contributed by atoms with Crippen molar-refractivity contribution in [2.75, 3.05) is 7.11 Å². The van der Waals surface area contributed by atoms with E-state index in [1.807, 2.05) is 0 Å². The minimum Gasteiger partial charge on any atom is -0.467 e. The highest BCUT2D eigenvalue weighted by Crippen LogP contribution is 2.03. The smallest absolute Gasteiger partial charge is 0.330 e. The van der Waals surface area contributed by atoms with Crippen LogP contribution in [0, 0.1) is 4.77 Å². The van der Waals surface area contributed by atoms with E-state index in [4.69, 9.17) is 12.2 Å². The van der Waals surface area contributed by atoms with Gasteiger partial charge in [0.2, 0.25) is 4.77 Å². The van der Waals surface area contributed by atoms with Crippen LogP contribution in [0.4, 0.5) is 0 Å². The number of nitrogens with zero attached hydrogens (tertiary/aromatic N) is 3. The first-order chi connectivity index (χ1) is 5.66. The van der Waals surface area contributed by atoms with Crippen LogP contribution in [0.25, 0.3) is 0 Å². The van der Waals surface area contributed by atoms with Gasteiger partial charge in [0.05, 0.1) is 7.11 Å². The van der Waals surface area contributed by atoms with Gasteiger partial charge in [0.15, 0.2) is 0 Å². The molecule has 0 saturated carbocycles. The Bertz CT molecular complexity index is 330. The van der Waals surface area contributed by atoms with Crippen LogP contribution >= 0.6 is 12.2 Å². The zero-order valence-electron chi connectivity index (χ0n) is 6.64. The molecule has 1 unspecified atom stereocenters. The number of ether oxygens (including phenoxy) is 1. The minimum atomic E-state index is -0.516. The van der Waals surface area contributed by atoms with E-state index in [0.29, 0.717) is 0 Å². The highest BCUT2D eigenvalue weighted by Gasteiger charge is 2.16. The van der Waals surface area contributed by atoms with E-state index < -0.39 is 12.0 Å². The molecule has 1 heterocycles. The van der Waals surface area contributed by atoms with Crippen LogP contribution in [0.1, 0.15) is 13.0 Å². The van der Waals surface area contributed by atoms with Crippen LogP contribution in [0.3, 0.4) is 0 Å². The molecule has 0 spiro atoms. The van der Waals surface area contributed by atoms with Crippen molar-refractivity contribution in [2.45, 2.75) is 13.0 Å². The van der Waals surface area contributed by atoms with Crippen molar-refractivity contribution in [3.8, 4) is 0 Å². The van der Waals surface area contributed by atoms with Gasteiger partial charge in [-0.05, 0) is 19.1 Å². The minimum absolute atomic E-state index is 0.230. The summed E-state index contributed by atoms with van der Waals surface area (Å²) in [5.41, 5.74) is 0. The van der Waals surface area contributed by atoms with Gasteiger partial charge in [-0.15, -0.1) is 0 Å². The van der Waals surface area contributed by atoms with Crippen molar-refractivity contribution in [2.24, 2.45) is 0 Å². The summed E-state index contributed by atoms with van der Waals surface area (Å²) in [4.78, 5) is 11.0. The summed E-state index contributed by atoms with van der Waals surface area (Å²) in [6, 6.07) is -0.516. The van der Waals surface area contributed by atoms with Crippen LogP contribution in [0.5, 0.6) is 0 Å². The fraction of sp³-hybridized carbons (Fsp3) is 0.600. The first-order valence-electron chi connectivity index (χ1n) is 3.24. The molecule has 0 aliphatic rings. The number of rotatable bonds is 2. The number of tetrazole rings is 1. The molecule has 0 aliphatic carbocycles. The number of aromatic amines is 1. The van der Waals surface area contributed by atoms with E-state index in [-0.39, 0.29) is 4.77 Å². The molecule has 6 nitrogen and oxygen atoms in total. The van der Waals surface area contributed by atoms with Crippen molar-refractivity contribution in [3.05, 3.63) is 4.77 Å². The van der Waals surface area contributed by atoms with E-state index in [9.17, 15) is 4.79 Å². The molecule has 1 atom stereocenters. The molecule has 12 heavy (non-hydrogen) atoms. The SMILES string of the molecule is COC(=O)C(C)n1[nH]nnc1=S. The molecular formula is C5H8N4O2S. The molecule has 0 fully saturated rings. The Labute approximate surface area is 73.5 Å². The predicted octanol–water partition coefficient (Wildman–Crippen LogP) is 0.0697. The lowest BCUT2D eigenvalue weighted by Crippen LogP contribution is -2.19. The largest absolute Gasteiger partial charge is 0.467 e. The normalized spacial score (nSPS) is 12.5. The van der Waals surface area contributed by atoms with Crippen LogP contribution < -0.4 is 0 Å². The summed E-state index contributed by atoms with van der Waals surface area (Å²) in [5.74, 6) is -0.392. The van der Waals surface area contributed by atoms with Crippen LogP contribution in [0.15, 0.2) is 0 Å². The van der Waals surface area contributed by atoms with Gasteiger partial charge in [0, 0.05) is 0 Å². The van der Waals surface area contributed by atoms with Crippen molar-refractivity contribution in [1.82, 2.24) is 20.2 Å². The molecule has 0 saturated heterocycles. The average Bonchev–Trinajstić information content (AvgIpc) is 2.48. The van der Waals surface area contributed by atoms with E-state index >= 15 is 0 Å². The quantitative estimate of drug-likeness (QED) is 0.525. The highest BCUT2D eigenvalue weighted by molar-refractivity contribution is 7.71. The van der Waals surface area contributed by atoms with Crippen LogP contribution in [-0.4, -0.2) is 33.3 Å². The zero-order valence-corrected chi connectivity index (χ0v) is 7.46. The van der Waals surface area contributed by atoms with Gasteiger partial charge in [0.1, 0.15) is 6.04 Å². The van der Waals surface area contributed by atoms with Gasteiger partial charge in [-0.3, -0.25) is 0 Å². The molecule has 0 aromatic carbocycles. The van der Waals surface area contributed by atoms with E-state index in [0.717, 1.165) is 0 Å². The Kier molecular flexibility index (Phi) is 2.54. The van der Waals surface area contributed by atoms with Crippen LogP contribution in [-0.2, 0) is 9.53 Å². The molecular weight excluding hydrogens is 180 g/mol. The molecule has 0 aliphatic heterocycles. The van der Waals surface area contributed by atoms with Gasteiger partial charge >= 0.3 is 5.97 Å². The third kappa shape index (κ3) is 1.50. The Morgan fingerprint density at radius 2 is 2.50 bits per heavy atom. The number of esters is 1. The molecule has 1 aromatic heterocycles. The number of hydrogen-bond acceptors (Lipinski definition) is 5. The van der Waals surface area contributed by atoms with Gasteiger partial charge < -0.3 is 4.74 Å². The third-order valence-corrected chi connectivity index (χ3v) is 1.70. The van der Waals surface area contributed by atoms with Crippen molar-refractivity contribution < 1.29 is 9.53 Å². The Balaban J connectivity index is 2.92. The second-order valence-corrected chi connectivity index (χ2v) is 2.52. The zero-order chi connectivity index (χ0) is 9.14. The van der Waals surface area contributed by atoms with E-state index in [1.165, 1.54) is 11.8 Å². The summed E-state index contributed by atoms with van der Waals surface area (Å²) >= 11 is 4.78. The number of aromatic nitrogens is 4. The highest BCUT2D eigenvalue weighted by atomic mass is 32.1. The molecule has 0 radical (unpaired) electrons. The van der Waals surface area contributed by atoms with Gasteiger partial charge in [-0.2, -0.15) is 5.21 Å². The van der Waals surface area contributed by atoms with Crippen molar-refractivity contribution in [1.29, 1.82) is 0 Å². The second kappa shape index (κ2) is 3.44. The number of carbonyl (C=O) groups excluding carboxylic acids is 1. The van der Waals surface area contributed by atoms with E-state index in [1.54, 1.807) is 6.92 Å². The second-order valence-electron chi connectivity index (χ2n) is 2.15. The summed E-state index contributed by atoms with van der Waals surface area (Å²) in [5, 5.41) is 9.43. The maximum atomic E-state index is 11.0. The fourth-order valence-corrected chi connectivity index (χ4v) is 0.972. The number of nitrogens with one attached hydrogen (secondary N) is 1. The molecule has 1 N–H and O–H groups in total. The van der Waals surface area contributed by atoms with E-state index in [2.05, 4.69) is 20.3 Å². The Morgan fingerprint density at radius 3 is 2.92 bits per heavy atom. The maximum Gasteiger partial charge on any atom is 0.330 e. The lowest BCUT2D eigenvalue weighted by molar-refractivity contribution is -0.144. The van der Waals surface area contributed by atoms with Crippen molar-refractivity contribution in [3.63, 3.8) is 0 Å². The Morgan fingerprint density at radius 1 is 1.83 bits per heavy atom. The average molecular weight is 188 g/mol. The maximum absolute atomic E-state index is 11.0. The molecule has 66 valence electrons. The third-order valence-electron chi connectivity index (χ3n) is 1.42. The van der Waals surface area contributed by atoms with Crippen molar-refractivity contribution >= 4 is 18.2 Å². The topological polar surface area (TPSA) is 72.8 Å². The van der Waals surface area contributed by atoms with Gasteiger partial charge in [0.25, 0.3) is 0 Å². The number of methoxy groups -OCH3 is 1. The van der Waals surface area contributed by atoms with Gasteiger partial charge in [-0.1, -0.05) is 10.3 Å². The monoisotopic (exact) mass is 188 g/mol. The molecule has 1 aromatic rings. The predicted molar refractivity (Wildman–Crippen MR) is 41.9 cm³/mol. The summed E-state index contributed by atoms with van der Waals surface area (Å²) < 4.78 is 6.09. The lowest BCUT2D eigenvalue weighted by atomic mass is 10.4. The lowest BCUT2D eigenvalue weighted by Gasteiger charge is -2.07. The van der Waals surface area contributed by atoms with Gasteiger partial charge in [-0.25, -0.2) is 9.48 Å². The summed E-state index contributed by atoms with van der Waals surface area (Å²) in [7, 11) is 1.31. The first-order valence-corrected chi connectivity index (χ1v) is 3.65. The molecule has 7 heteroatoms. The van der Waals surface area contributed by atoms with Crippen LogP contribution in [0.2, 0.25) is 0 Å². The molecule has 0 bridgehead atoms. The first kappa shape index (κ1) is 8.85. The molecule has 1 rings (SSSR count).